The van der Waals surface area contributed by atoms with Crippen LogP contribution in [0.1, 0.15) is 42.3 Å². The molecule has 0 aromatic heterocycles. The molecule has 0 radical (unpaired) electrons. The second-order valence-electron chi connectivity index (χ2n) is 4.64. The van der Waals surface area contributed by atoms with E-state index in [1.807, 2.05) is 0 Å². The summed E-state index contributed by atoms with van der Waals surface area (Å²) < 4.78 is 0. The van der Waals surface area contributed by atoms with Crippen molar-refractivity contribution < 1.29 is 0 Å². The second-order valence-corrected chi connectivity index (χ2v) is 4.64. The van der Waals surface area contributed by atoms with Gasteiger partial charge in [-0.25, -0.2) is 0 Å². The Bertz CT molecular complexity index is 402. The molecule has 1 aliphatic rings. The molecular weight excluding hydrogens is 208 g/mol. The zero-order valence-corrected chi connectivity index (χ0v) is 10.2. The van der Waals surface area contributed by atoms with Gasteiger partial charge in [-0.3, -0.25) is 0 Å². The predicted molar refractivity (Wildman–Crippen MR) is 71.7 cm³/mol. The Hall–Kier alpha value is -1.30. The largest absolute Gasteiger partial charge is 0.329 e. The van der Waals surface area contributed by atoms with E-state index in [2.05, 4.69) is 35.5 Å². The highest BCUT2D eigenvalue weighted by Gasteiger charge is 2.23. The summed E-state index contributed by atoms with van der Waals surface area (Å²) in [5.41, 5.74) is 8.56. The monoisotopic (exact) mass is 228 g/mol. The summed E-state index contributed by atoms with van der Waals surface area (Å²) in [7, 11) is 0. The maximum Gasteiger partial charge on any atom is 0.0444 e. The summed E-state index contributed by atoms with van der Waals surface area (Å²) in [6.07, 6.45) is 8.66. The number of nitrogens with one attached hydrogen (secondary N) is 1. The van der Waals surface area contributed by atoms with Crippen LogP contribution in [0.5, 0.6) is 0 Å². The lowest BCUT2D eigenvalue weighted by atomic mass is 10.0. The average Bonchev–Trinajstić information content (AvgIpc) is 3.19. The van der Waals surface area contributed by atoms with E-state index in [-0.39, 0.29) is 6.04 Å². The predicted octanol–water partition coefficient (Wildman–Crippen LogP) is 2.18. The lowest BCUT2D eigenvalue weighted by Crippen LogP contribution is -2.28. The number of hydrogen-bond donors (Lipinski definition) is 2. The van der Waals surface area contributed by atoms with E-state index in [9.17, 15) is 0 Å². The normalized spacial score (nSPS) is 16.5. The summed E-state index contributed by atoms with van der Waals surface area (Å²) in [6.45, 7) is 1.44. The van der Waals surface area contributed by atoms with Crippen LogP contribution >= 0.6 is 0 Å². The van der Waals surface area contributed by atoms with Crippen LogP contribution < -0.4 is 11.1 Å². The summed E-state index contributed by atoms with van der Waals surface area (Å²) in [5.74, 6) is 3.43. The average molecular weight is 228 g/mol. The van der Waals surface area contributed by atoms with Crippen molar-refractivity contribution in [3.63, 3.8) is 0 Å². The highest BCUT2D eigenvalue weighted by Crippen LogP contribution is 2.40. The van der Waals surface area contributed by atoms with Crippen molar-refractivity contribution in [3.8, 4) is 12.3 Å². The summed E-state index contributed by atoms with van der Waals surface area (Å²) in [6, 6.07) is 9.01. The van der Waals surface area contributed by atoms with Crippen molar-refractivity contribution in [1.82, 2.24) is 5.32 Å². The minimum Gasteiger partial charge on any atom is -0.329 e. The molecule has 2 nitrogen and oxygen atoms in total. The molecule has 90 valence electrons. The SMILES string of the molecule is C#CCCNC(CN)c1cccc(C2CC2)c1. The van der Waals surface area contributed by atoms with Gasteiger partial charge in [0.1, 0.15) is 0 Å². The molecule has 1 aliphatic carbocycles. The lowest BCUT2D eigenvalue weighted by Gasteiger charge is -2.17. The Morgan fingerprint density at radius 2 is 2.29 bits per heavy atom. The van der Waals surface area contributed by atoms with Crippen LogP contribution in [0.2, 0.25) is 0 Å². The number of hydrogen-bond acceptors (Lipinski definition) is 2. The molecule has 1 unspecified atom stereocenters. The number of nitrogens with two attached hydrogens (primary N) is 1. The van der Waals surface area contributed by atoms with E-state index in [4.69, 9.17) is 12.2 Å². The minimum absolute atomic E-state index is 0.224. The van der Waals surface area contributed by atoms with Crippen LogP contribution in [0.15, 0.2) is 24.3 Å². The molecule has 3 N–H and O–H groups in total. The number of terminal acetylenes is 1. The zero-order chi connectivity index (χ0) is 12.1. The van der Waals surface area contributed by atoms with E-state index >= 15 is 0 Å². The maximum absolute atomic E-state index is 5.81. The van der Waals surface area contributed by atoms with Gasteiger partial charge in [0.2, 0.25) is 0 Å². The first-order valence-electron chi connectivity index (χ1n) is 6.32. The van der Waals surface area contributed by atoms with E-state index in [0.29, 0.717) is 6.54 Å². The molecule has 0 heterocycles. The van der Waals surface area contributed by atoms with Gasteiger partial charge >= 0.3 is 0 Å². The Labute approximate surface area is 104 Å². The number of benzene rings is 1. The molecule has 2 heteroatoms. The molecule has 0 bridgehead atoms. The molecule has 2 rings (SSSR count). The van der Waals surface area contributed by atoms with Crippen molar-refractivity contribution in [2.75, 3.05) is 13.1 Å². The first kappa shape index (κ1) is 12.2. The summed E-state index contributed by atoms with van der Waals surface area (Å²) >= 11 is 0. The van der Waals surface area contributed by atoms with E-state index in [1.54, 1.807) is 0 Å². The topological polar surface area (TPSA) is 38.0 Å². The highest BCUT2D eigenvalue weighted by atomic mass is 14.9. The molecular formula is C15H20N2. The van der Waals surface area contributed by atoms with Crippen LogP contribution in [0.3, 0.4) is 0 Å². The maximum atomic E-state index is 5.81. The Morgan fingerprint density at radius 3 is 2.94 bits per heavy atom. The quantitative estimate of drug-likeness (QED) is 0.578. The molecule has 0 amide bonds. The third kappa shape index (κ3) is 3.33. The van der Waals surface area contributed by atoms with Gasteiger partial charge in [-0.05, 0) is 29.9 Å². The first-order valence-corrected chi connectivity index (χ1v) is 6.32. The molecule has 17 heavy (non-hydrogen) atoms. The molecule has 0 aliphatic heterocycles. The molecule has 1 fully saturated rings. The molecule has 1 aromatic rings. The number of rotatable bonds is 6. The summed E-state index contributed by atoms with van der Waals surface area (Å²) in [5, 5.41) is 3.41. The van der Waals surface area contributed by atoms with Gasteiger partial charge < -0.3 is 11.1 Å². The van der Waals surface area contributed by atoms with Crippen molar-refractivity contribution >= 4 is 0 Å². The Balaban J connectivity index is 2.02. The second kappa shape index (κ2) is 5.86. The molecule has 1 atom stereocenters. The Kier molecular flexibility index (Phi) is 4.19. The minimum atomic E-state index is 0.224. The fourth-order valence-corrected chi connectivity index (χ4v) is 2.10. The van der Waals surface area contributed by atoms with E-state index in [1.165, 1.54) is 24.0 Å². The third-order valence-corrected chi connectivity index (χ3v) is 3.26. The molecule has 1 saturated carbocycles. The smallest absolute Gasteiger partial charge is 0.0444 e. The standard InChI is InChI=1S/C15H20N2/c1-2-3-9-17-15(11-16)14-6-4-5-13(10-14)12-7-8-12/h1,4-6,10,12,15,17H,3,7-9,11,16H2. The van der Waals surface area contributed by atoms with Gasteiger partial charge in [-0.2, -0.15) is 0 Å². The van der Waals surface area contributed by atoms with Gasteiger partial charge in [-0.1, -0.05) is 24.3 Å². The third-order valence-electron chi connectivity index (χ3n) is 3.26. The first-order chi connectivity index (χ1) is 8.35. The summed E-state index contributed by atoms with van der Waals surface area (Å²) in [4.78, 5) is 0. The fourth-order valence-electron chi connectivity index (χ4n) is 2.10. The van der Waals surface area contributed by atoms with Gasteiger partial charge in [0, 0.05) is 25.6 Å². The molecule has 1 aromatic carbocycles. The van der Waals surface area contributed by atoms with E-state index < -0.39 is 0 Å². The van der Waals surface area contributed by atoms with Crippen LogP contribution in [-0.2, 0) is 0 Å². The van der Waals surface area contributed by atoms with Crippen molar-refractivity contribution in [3.05, 3.63) is 35.4 Å². The van der Waals surface area contributed by atoms with Gasteiger partial charge in [0.15, 0.2) is 0 Å². The van der Waals surface area contributed by atoms with Gasteiger partial charge in [0.05, 0.1) is 0 Å². The molecule has 0 spiro atoms. The van der Waals surface area contributed by atoms with Crippen LogP contribution in [0, 0.1) is 12.3 Å². The Morgan fingerprint density at radius 1 is 1.47 bits per heavy atom. The van der Waals surface area contributed by atoms with Crippen molar-refractivity contribution in [2.45, 2.75) is 31.2 Å². The van der Waals surface area contributed by atoms with Gasteiger partial charge in [0.25, 0.3) is 0 Å². The highest BCUT2D eigenvalue weighted by molar-refractivity contribution is 5.31. The molecule has 0 saturated heterocycles. The lowest BCUT2D eigenvalue weighted by molar-refractivity contribution is 0.550. The van der Waals surface area contributed by atoms with Crippen molar-refractivity contribution in [2.24, 2.45) is 5.73 Å². The van der Waals surface area contributed by atoms with Crippen molar-refractivity contribution in [1.29, 1.82) is 0 Å². The fraction of sp³-hybridized carbons (Fsp3) is 0.467. The van der Waals surface area contributed by atoms with Crippen LogP contribution in [0.4, 0.5) is 0 Å². The van der Waals surface area contributed by atoms with Crippen LogP contribution in [-0.4, -0.2) is 13.1 Å². The van der Waals surface area contributed by atoms with Gasteiger partial charge in [-0.15, -0.1) is 12.3 Å². The van der Waals surface area contributed by atoms with Crippen LogP contribution in [0.25, 0.3) is 0 Å². The zero-order valence-electron chi connectivity index (χ0n) is 10.2. The van der Waals surface area contributed by atoms with E-state index in [0.717, 1.165) is 18.9 Å².